The number of carbonyl (C=O) groups is 2. The number of halogens is 2. The molecule has 71 heavy (non-hydrogen) atoms. The van der Waals surface area contributed by atoms with Gasteiger partial charge in [-0.05, 0) is 131 Å². The summed E-state index contributed by atoms with van der Waals surface area (Å²) in [6.07, 6.45) is 14.3. The summed E-state index contributed by atoms with van der Waals surface area (Å²) >= 11 is 12.8. The van der Waals surface area contributed by atoms with Crippen molar-refractivity contribution < 1.29 is 24.9 Å². The molecular formula is C54H58Cl2N10O5. The van der Waals surface area contributed by atoms with Crippen LogP contribution in [0.1, 0.15) is 121 Å². The molecule has 2 saturated carbocycles. The number of amides is 1. The number of pyridine rings is 2. The van der Waals surface area contributed by atoms with E-state index in [2.05, 4.69) is 30.0 Å². The smallest absolute Gasteiger partial charge is 0.354 e. The fourth-order valence-electron chi connectivity index (χ4n) is 12.3. The molecule has 2 aromatic heterocycles. The van der Waals surface area contributed by atoms with Crippen molar-refractivity contribution in [3.8, 4) is 0 Å². The highest BCUT2D eigenvalue weighted by atomic mass is 35.5. The Morgan fingerprint density at radius 3 is 1.56 bits per heavy atom. The van der Waals surface area contributed by atoms with Gasteiger partial charge in [0.15, 0.2) is 0 Å². The van der Waals surface area contributed by atoms with Gasteiger partial charge in [-0.25, -0.2) is 24.5 Å². The number of benzene rings is 2. The minimum absolute atomic E-state index is 0.0648. The number of aliphatic hydroxyl groups is 2. The number of carboxylic acids is 1. The second-order valence-electron chi connectivity index (χ2n) is 20.0. The molecule has 4 aliphatic carbocycles. The SMILES string of the molecule is O[C@@H]1CCNC1.[C-]#[N+]c1ccc(N2N=C3c4ccc(C(=O)N5CC[C@@H](O)C5)nc4CCC3C2C2CCCC2)cc1Cl.[C-]#[N+]c1ccc(N2N=C3c4ccc(C(=O)O)nc4CCC3C2C2CCCC2)cc1Cl. The molecule has 15 nitrogen and oxygen atoms in total. The number of nitrogens with one attached hydrogen (secondary N) is 1. The van der Waals surface area contributed by atoms with E-state index in [0.29, 0.717) is 64.4 Å². The maximum atomic E-state index is 12.9. The maximum Gasteiger partial charge on any atom is 0.354 e. The Balaban J connectivity index is 0.000000148. The summed E-state index contributed by atoms with van der Waals surface area (Å²) in [7, 11) is 0. The van der Waals surface area contributed by atoms with Gasteiger partial charge in [-0.3, -0.25) is 14.8 Å². The molecule has 2 aromatic carbocycles. The number of aromatic nitrogens is 2. The number of aromatic carboxylic acids is 1. The molecule has 17 heteroatoms. The third-order valence-corrected chi connectivity index (χ3v) is 16.3. The van der Waals surface area contributed by atoms with Gasteiger partial charge in [0.25, 0.3) is 5.91 Å². The van der Waals surface area contributed by atoms with Crippen LogP contribution in [-0.2, 0) is 12.8 Å². The highest BCUT2D eigenvalue weighted by molar-refractivity contribution is 6.34. The molecule has 6 heterocycles. The summed E-state index contributed by atoms with van der Waals surface area (Å²) in [4.78, 5) is 42.1. The first-order valence-electron chi connectivity index (χ1n) is 25.2. The van der Waals surface area contributed by atoms with Crippen LogP contribution in [0.5, 0.6) is 0 Å². The molecule has 1 amide bonds. The number of hydrogen-bond donors (Lipinski definition) is 4. The molecule has 12 rings (SSSR count). The normalized spacial score (nSPS) is 25.4. The van der Waals surface area contributed by atoms with Gasteiger partial charge < -0.3 is 25.5 Å². The number of likely N-dealkylation sites (tertiary alicyclic amines) is 1. The number of fused-ring (bicyclic) bond motifs is 6. The van der Waals surface area contributed by atoms with Gasteiger partial charge in [0.05, 0.1) is 71.6 Å². The highest BCUT2D eigenvalue weighted by Crippen LogP contribution is 2.47. The van der Waals surface area contributed by atoms with Crippen molar-refractivity contribution >= 4 is 69.3 Å². The molecule has 0 spiro atoms. The van der Waals surface area contributed by atoms with E-state index in [1.54, 1.807) is 23.1 Å². The molecule has 6 atom stereocenters. The largest absolute Gasteiger partial charge is 0.477 e. The molecule has 4 unspecified atom stereocenters. The Hall–Kier alpha value is -5.94. The first-order valence-corrected chi connectivity index (χ1v) is 25.9. The molecule has 4 aliphatic heterocycles. The number of nitrogens with zero attached hydrogens (tertiary/aromatic N) is 9. The second-order valence-corrected chi connectivity index (χ2v) is 20.9. The fraction of sp³-hybridized carbons (Fsp3) is 0.481. The summed E-state index contributed by atoms with van der Waals surface area (Å²) in [6, 6.07) is 18.9. The van der Waals surface area contributed by atoms with Crippen LogP contribution in [0, 0.1) is 36.8 Å². The summed E-state index contributed by atoms with van der Waals surface area (Å²) in [5, 5.41) is 46.1. The monoisotopic (exact) mass is 996 g/mol. The third-order valence-electron chi connectivity index (χ3n) is 15.7. The van der Waals surface area contributed by atoms with Crippen molar-refractivity contribution in [2.75, 3.05) is 36.2 Å². The Labute approximate surface area is 424 Å². The van der Waals surface area contributed by atoms with Crippen LogP contribution in [0.25, 0.3) is 9.69 Å². The van der Waals surface area contributed by atoms with E-state index in [-0.39, 0.29) is 35.7 Å². The molecule has 0 bridgehead atoms. The average molecular weight is 998 g/mol. The van der Waals surface area contributed by atoms with Gasteiger partial charge in [-0.2, -0.15) is 10.2 Å². The van der Waals surface area contributed by atoms with Crippen molar-refractivity contribution in [2.45, 2.75) is 114 Å². The van der Waals surface area contributed by atoms with Crippen molar-refractivity contribution in [3.63, 3.8) is 0 Å². The fourth-order valence-corrected chi connectivity index (χ4v) is 12.7. The zero-order chi connectivity index (χ0) is 49.3. The Bertz CT molecular complexity index is 2850. The molecular weight excluding hydrogens is 940 g/mol. The Kier molecular flexibility index (Phi) is 14.4. The van der Waals surface area contributed by atoms with Crippen molar-refractivity contribution in [2.24, 2.45) is 33.9 Å². The molecule has 0 radical (unpaired) electrons. The molecule has 2 saturated heterocycles. The van der Waals surface area contributed by atoms with Crippen LogP contribution >= 0.6 is 23.2 Å². The number of β-amino-alcohol motifs (C(OH)–C–C–N with tert-alkyl or cyclic N) is 2. The lowest BCUT2D eigenvalue weighted by Gasteiger charge is -2.34. The molecule has 4 aromatic rings. The number of aryl methyl sites for hydroxylation is 2. The van der Waals surface area contributed by atoms with E-state index in [4.69, 9.17) is 56.6 Å². The second kappa shape index (κ2) is 21.0. The molecule has 4 N–H and O–H groups in total. The summed E-state index contributed by atoms with van der Waals surface area (Å²) in [5.74, 6) is 0.605. The van der Waals surface area contributed by atoms with Crippen LogP contribution in [0.3, 0.4) is 0 Å². The minimum Gasteiger partial charge on any atom is -0.477 e. The van der Waals surface area contributed by atoms with E-state index in [0.717, 1.165) is 90.5 Å². The van der Waals surface area contributed by atoms with Crippen molar-refractivity contribution in [1.29, 1.82) is 0 Å². The van der Waals surface area contributed by atoms with Crippen LogP contribution in [0.15, 0.2) is 70.9 Å². The van der Waals surface area contributed by atoms with Crippen LogP contribution in [0.4, 0.5) is 22.7 Å². The average Bonchev–Trinajstić information content (AvgIpc) is 4.26. The van der Waals surface area contributed by atoms with Gasteiger partial charge >= 0.3 is 5.97 Å². The highest BCUT2D eigenvalue weighted by Gasteiger charge is 2.48. The van der Waals surface area contributed by atoms with Crippen molar-refractivity contribution in [3.05, 3.63) is 127 Å². The predicted molar refractivity (Wildman–Crippen MR) is 274 cm³/mol. The van der Waals surface area contributed by atoms with Crippen LogP contribution < -0.4 is 15.3 Å². The third kappa shape index (κ3) is 9.88. The first-order chi connectivity index (χ1) is 34.5. The first kappa shape index (κ1) is 48.7. The predicted octanol–water partition coefficient (Wildman–Crippen LogP) is 9.51. The van der Waals surface area contributed by atoms with E-state index in [9.17, 15) is 19.8 Å². The molecule has 8 aliphatic rings. The van der Waals surface area contributed by atoms with E-state index >= 15 is 0 Å². The maximum absolute atomic E-state index is 12.9. The van der Waals surface area contributed by atoms with E-state index in [1.807, 2.05) is 42.5 Å². The zero-order valence-corrected chi connectivity index (χ0v) is 41.1. The Morgan fingerprint density at radius 1 is 0.648 bits per heavy atom. The topological polar surface area (TPSA) is 176 Å². The molecule has 4 fully saturated rings. The van der Waals surface area contributed by atoms with E-state index in [1.165, 1.54) is 51.4 Å². The number of hydrogen-bond acceptors (Lipinski definition) is 11. The number of carboxylic acid groups (broad SMARTS) is 1. The number of rotatable bonds is 6. The number of hydrazone groups is 2. The van der Waals surface area contributed by atoms with Gasteiger partial charge in [0.1, 0.15) is 11.4 Å². The quantitative estimate of drug-likeness (QED) is 0.136. The minimum atomic E-state index is -1.01. The van der Waals surface area contributed by atoms with Crippen LogP contribution in [0.2, 0.25) is 10.0 Å². The van der Waals surface area contributed by atoms with Gasteiger partial charge in [-0.15, -0.1) is 0 Å². The lowest BCUT2D eigenvalue weighted by Crippen LogP contribution is -2.41. The lowest BCUT2D eigenvalue weighted by molar-refractivity contribution is 0.0689. The van der Waals surface area contributed by atoms with Crippen LogP contribution in [-0.4, -0.2) is 104 Å². The van der Waals surface area contributed by atoms with Gasteiger partial charge in [-0.1, -0.05) is 61.0 Å². The lowest BCUT2D eigenvalue weighted by atomic mass is 9.76. The summed E-state index contributed by atoms with van der Waals surface area (Å²) < 4.78 is 0. The number of anilines is 2. The summed E-state index contributed by atoms with van der Waals surface area (Å²) in [5.41, 5.74) is 9.05. The Morgan fingerprint density at radius 2 is 1.15 bits per heavy atom. The number of carbonyl (C=O) groups excluding carboxylic acids is 1. The molecule has 368 valence electrons. The van der Waals surface area contributed by atoms with Gasteiger partial charge in [0, 0.05) is 52.6 Å². The summed E-state index contributed by atoms with van der Waals surface area (Å²) in [6.45, 7) is 17.3. The zero-order valence-electron chi connectivity index (χ0n) is 39.6. The van der Waals surface area contributed by atoms with Gasteiger partial charge in [0.2, 0.25) is 11.4 Å². The van der Waals surface area contributed by atoms with Crippen molar-refractivity contribution in [1.82, 2.24) is 20.2 Å². The van der Waals surface area contributed by atoms with E-state index < -0.39 is 12.1 Å². The standard InChI is InChI=1S/C27H28ClN5O2.C23H21ClN4O2.C4H9NO/c1-29-23-9-6-17(14-21(23)28)33-26(16-4-2-3-5-16)20-8-10-22-19(25(20)31-33)7-11-24(30-22)27(35)32-13-12-18(34)15-32;1-25-19-9-6-14(12-17(19)24)28-22(13-4-2-3-5-13)16-8-10-18-15(21(16)27-28)7-11-20(26-18)23(29)30;6-4-1-2-5-3-4/h6-7,9,11,14,16,18,20,26,34H,2-5,8,10,12-13,15H2;6-7,9,11-13,16,22H,2-5,8,10H2,(H,29,30);4-6H,1-3H2/t18-,20?,26?;;4-/m1.1/s1. The number of aliphatic hydroxyl groups excluding tert-OH is 2.